The summed E-state index contributed by atoms with van der Waals surface area (Å²) in [6.45, 7) is 7.67. The van der Waals surface area contributed by atoms with Crippen LogP contribution in [0.3, 0.4) is 0 Å². The Balaban J connectivity index is 1.47. The summed E-state index contributed by atoms with van der Waals surface area (Å²) in [6.07, 6.45) is 10.9. The molecule has 1 nitrogen and oxygen atoms in total. The zero-order chi connectivity index (χ0) is 13.0. The molecule has 19 heavy (non-hydrogen) atoms. The first kappa shape index (κ1) is 12.7. The van der Waals surface area contributed by atoms with Gasteiger partial charge in [-0.25, -0.2) is 0 Å². The van der Waals surface area contributed by atoms with Crippen LogP contribution in [0.25, 0.3) is 0 Å². The summed E-state index contributed by atoms with van der Waals surface area (Å²) in [4.78, 5) is 0. The molecular weight excluding hydrogens is 230 g/mol. The molecule has 0 aromatic carbocycles. The van der Waals surface area contributed by atoms with Crippen molar-refractivity contribution in [2.75, 3.05) is 13.1 Å². The first-order chi connectivity index (χ1) is 9.12. The Morgan fingerprint density at radius 2 is 1.58 bits per heavy atom. The average Bonchev–Trinajstić information content (AvgIpc) is 2.87. The summed E-state index contributed by atoms with van der Waals surface area (Å²) in [6, 6.07) is 0. The highest BCUT2D eigenvalue weighted by Gasteiger charge is 2.49. The van der Waals surface area contributed by atoms with Crippen molar-refractivity contribution < 1.29 is 0 Å². The Morgan fingerprint density at radius 3 is 2.11 bits per heavy atom. The fraction of sp³-hybridized carbons (Fsp3) is 1.00. The van der Waals surface area contributed by atoms with E-state index in [4.69, 9.17) is 0 Å². The largest absolute Gasteiger partial charge is 0.316 e. The lowest BCUT2D eigenvalue weighted by Crippen LogP contribution is -2.47. The van der Waals surface area contributed by atoms with Gasteiger partial charge in [-0.1, -0.05) is 13.8 Å². The van der Waals surface area contributed by atoms with Crippen molar-refractivity contribution in [2.45, 2.75) is 58.8 Å². The Hall–Kier alpha value is -0.0400. The quantitative estimate of drug-likeness (QED) is 0.807. The van der Waals surface area contributed by atoms with Crippen molar-refractivity contribution in [1.82, 2.24) is 5.32 Å². The highest BCUT2D eigenvalue weighted by molar-refractivity contribution is 5.00. The van der Waals surface area contributed by atoms with Crippen molar-refractivity contribution in [2.24, 2.45) is 40.9 Å². The van der Waals surface area contributed by atoms with E-state index in [9.17, 15) is 0 Å². The molecule has 5 rings (SSSR count). The van der Waals surface area contributed by atoms with Crippen LogP contribution >= 0.6 is 0 Å². The van der Waals surface area contributed by atoms with Crippen LogP contribution in [0.2, 0.25) is 0 Å². The van der Waals surface area contributed by atoms with E-state index in [1.54, 1.807) is 32.1 Å². The minimum absolute atomic E-state index is 0.573. The monoisotopic (exact) mass is 261 g/mol. The van der Waals surface area contributed by atoms with Gasteiger partial charge in [-0.3, -0.25) is 0 Å². The number of hydrogen-bond donors (Lipinski definition) is 1. The van der Waals surface area contributed by atoms with Crippen LogP contribution in [0.5, 0.6) is 0 Å². The number of nitrogens with one attached hydrogen (secondary N) is 1. The van der Waals surface area contributed by atoms with E-state index < -0.39 is 0 Å². The van der Waals surface area contributed by atoms with Gasteiger partial charge in [0.2, 0.25) is 0 Å². The van der Waals surface area contributed by atoms with E-state index in [1.807, 2.05) is 0 Å². The number of rotatable bonds is 3. The molecule has 4 aliphatic carbocycles. The second-order valence-corrected chi connectivity index (χ2v) is 8.98. The fourth-order valence-corrected chi connectivity index (χ4v) is 6.47. The summed E-state index contributed by atoms with van der Waals surface area (Å²) in [5.41, 5.74) is 0.573. The van der Waals surface area contributed by atoms with Gasteiger partial charge in [0.05, 0.1) is 0 Å². The van der Waals surface area contributed by atoms with Gasteiger partial charge in [0.15, 0.2) is 0 Å². The summed E-state index contributed by atoms with van der Waals surface area (Å²) in [5.74, 6) is 6.52. The van der Waals surface area contributed by atoms with Crippen LogP contribution in [0, 0.1) is 40.9 Å². The van der Waals surface area contributed by atoms with Gasteiger partial charge >= 0.3 is 0 Å². The molecule has 1 unspecified atom stereocenters. The third kappa shape index (κ3) is 2.17. The van der Waals surface area contributed by atoms with Gasteiger partial charge in [0.25, 0.3) is 0 Å². The van der Waals surface area contributed by atoms with Gasteiger partial charge in [0.1, 0.15) is 0 Å². The molecule has 4 bridgehead atoms. The Morgan fingerprint density at radius 1 is 0.947 bits per heavy atom. The third-order valence-corrected chi connectivity index (χ3v) is 7.35. The van der Waals surface area contributed by atoms with E-state index in [-0.39, 0.29) is 0 Å². The molecule has 0 aromatic heterocycles. The lowest BCUT2D eigenvalue weighted by atomic mass is 9.49. The molecule has 1 atom stereocenters. The standard InChI is InChI=1S/C18H31N/c1-18(2,16-3-4-19-11-16)10-17-14-6-12-5-13(8-14)9-15(17)7-12/h12-17,19H,3-11H2,1-2H3. The Kier molecular flexibility index (Phi) is 2.99. The molecule has 1 saturated heterocycles. The second-order valence-electron chi connectivity index (χ2n) is 8.98. The van der Waals surface area contributed by atoms with Crippen molar-refractivity contribution in [1.29, 1.82) is 0 Å². The molecule has 5 fully saturated rings. The average molecular weight is 261 g/mol. The van der Waals surface area contributed by atoms with Crippen molar-refractivity contribution in [3.63, 3.8) is 0 Å². The minimum Gasteiger partial charge on any atom is -0.316 e. The molecule has 0 amide bonds. The molecule has 1 N–H and O–H groups in total. The van der Waals surface area contributed by atoms with Crippen LogP contribution in [0.4, 0.5) is 0 Å². The molecular formula is C18H31N. The summed E-state index contributed by atoms with van der Waals surface area (Å²) < 4.78 is 0. The lowest BCUT2D eigenvalue weighted by Gasteiger charge is -2.56. The van der Waals surface area contributed by atoms with E-state index in [2.05, 4.69) is 19.2 Å². The van der Waals surface area contributed by atoms with Gasteiger partial charge in [-0.05, 0) is 99.0 Å². The zero-order valence-corrected chi connectivity index (χ0v) is 12.8. The SMILES string of the molecule is CC(C)(CC1C2CC3CC(C2)CC1C3)C1CCNC1. The van der Waals surface area contributed by atoms with Gasteiger partial charge in [0, 0.05) is 0 Å². The van der Waals surface area contributed by atoms with Crippen LogP contribution in [0.15, 0.2) is 0 Å². The fourth-order valence-electron chi connectivity index (χ4n) is 6.47. The summed E-state index contributed by atoms with van der Waals surface area (Å²) >= 11 is 0. The predicted molar refractivity (Wildman–Crippen MR) is 79.9 cm³/mol. The maximum Gasteiger partial charge on any atom is -0.00149 e. The summed E-state index contributed by atoms with van der Waals surface area (Å²) in [7, 11) is 0. The van der Waals surface area contributed by atoms with Crippen LogP contribution in [-0.4, -0.2) is 13.1 Å². The number of hydrogen-bond acceptors (Lipinski definition) is 1. The molecule has 0 radical (unpaired) electrons. The highest BCUT2D eigenvalue weighted by Crippen LogP contribution is 2.59. The molecule has 1 heterocycles. The van der Waals surface area contributed by atoms with Crippen molar-refractivity contribution in [3.05, 3.63) is 0 Å². The molecule has 0 aromatic rings. The molecule has 1 heteroatoms. The maximum absolute atomic E-state index is 3.58. The Bertz CT molecular complexity index is 312. The second kappa shape index (κ2) is 4.48. The van der Waals surface area contributed by atoms with Crippen LogP contribution in [-0.2, 0) is 0 Å². The molecule has 0 spiro atoms. The van der Waals surface area contributed by atoms with Crippen LogP contribution in [0.1, 0.15) is 58.8 Å². The van der Waals surface area contributed by atoms with Crippen LogP contribution < -0.4 is 5.32 Å². The molecule has 4 saturated carbocycles. The minimum atomic E-state index is 0.573. The topological polar surface area (TPSA) is 12.0 Å². The highest BCUT2D eigenvalue weighted by atomic mass is 14.9. The Labute approximate surface area is 118 Å². The third-order valence-electron chi connectivity index (χ3n) is 7.35. The smallest absolute Gasteiger partial charge is 0.00149 e. The van der Waals surface area contributed by atoms with E-state index in [1.165, 1.54) is 25.9 Å². The lowest BCUT2D eigenvalue weighted by molar-refractivity contribution is -0.0580. The van der Waals surface area contributed by atoms with E-state index in [0.717, 1.165) is 35.5 Å². The first-order valence-corrected chi connectivity index (χ1v) is 8.82. The molecule has 1 aliphatic heterocycles. The van der Waals surface area contributed by atoms with E-state index in [0.29, 0.717) is 5.41 Å². The zero-order valence-electron chi connectivity index (χ0n) is 12.8. The van der Waals surface area contributed by atoms with Crippen molar-refractivity contribution >= 4 is 0 Å². The van der Waals surface area contributed by atoms with E-state index >= 15 is 0 Å². The maximum atomic E-state index is 3.58. The van der Waals surface area contributed by atoms with Gasteiger partial charge in [-0.2, -0.15) is 0 Å². The predicted octanol–water partition coefficient (Wildman–Crippen LogP) is 4.08. The molecule has 5 aliphatic rings. The molecule has 108 valence electrons. The summed E-state index contributed by atoms with van der Waals surface area (Å²) in [5, 5.41) is 3.58. The normalized spacial score (nSPS) is 48.9. The van der Waals surface area contributed by atoms with Gasteiger partial charge < -0.3 is 5.32 Å². The van der Waals surface area contributed by atoms with Gasteiger partial charge in [-0.15, -0.1) is 0 Å². The van der Waals surface area contributed by atoms with Crippen molar-refractivity contribution in [3.8, 4) is 0 Å². The first-order valence-electron chi connectivity index (χ1n) is 8.82.